The molecular weight excluding hydrogens is 246 g/mol. The Balaban J connectivity index is 5.23. The molecule has 0 aromatic carbocycles. The Hall–Kier alpha value is -0.660. The summed E-state index contributed by atoms with van der Waals surface area (Å²) in [6.07, 6.45) is 1.17. The Morgan fingerprint density at radius 2 is 1.76 bits per heavy atom. The lowest BCUT2D eigenvalue weighted by molar-refractivity contribution is -0.136. The second-order valence-corrected chi connectivity index (χ2v) is 6.04. The average molecular weight is 267 g/mol. The summed E-state index contributed by atoms with van der Waals surface area (Å²) in [5.41, 5.74) is 0. The minimum atomic E-state index is -3.91. The molecule has 0 aromatic heterocycles. The number of aliphatic hydroxyl groups excluding tert-OH is 1. The molecule has 0 rings (SSSR count). The van der Waals surface area contributed by atoms with Crippen LogP contribution in [0.15, 0.2) is 0 Å². The Kier molecular flexibility index (Phi) is 6.66. The van der Waals surface area contributed by atoms with Gasteiger partial charge in [0.25, 0.3) is 0 Å². The monoisotopic (exact) mass is 267 g/mol. The van der Waals surface area contributed by atoms with Crippen molar-refractivity contribution in [2.75, 3.05) is 13.2 Å². The molecule has 0 amide bonds. The van der Waals surface area contributed by atoms with Gasteiger partial charge in [0.15, 0.2) is 5.25 Å². The molecule has 0 saturated heterocycles. The molecule has 2 N–H and O–H groups in total. The molecule has 0 bridgehead atoms. The highest BCUT2D eigenvalue weighted by Crippen LogP contribution is 2.17. The van der Waals surface area contributed by atoms with E-state index in [1.807, 2.05) is 13.8 Å². The van der Waals surface area contributed by atoms with E-state index in [9.17, 15) is 13.2 Å². The van der Waals surface area contributed by atoms with Gasteiger partial charge in [0, 0.05) is 12.6 Å². The molecule has 7 heteroatoms. The van der Waals surface area contributed by atoms with E-state index in [0.717, 1.165) is 11.2 Å². The van der Waals surface area contributed by atoms with Crippen LogP contribution in [0.2, 0.25) is 0 Å². The number of rotatable bonds is 8. The summed E-state index contributed by atoms with van der Waals surface area (Å²) in [7, 11) is -3.91. The van der Waals surface area contributed by atoms with Gasteiger partial charge in [-0.15, -0.1) is 0 Å². The van der Waals surface area contributed by atoms with Crippen molar-refractivity contribution in [2.24, 2.45) is 0 Å². The number of aliphatic carboxylic acids is 1. The first-order valence-electron chi connectivity index (χ1n) is 5.67. The summed E-state index contributed by atoms with van der Waals surface area (Å²) >= 11 is 0. The van der Waals surface area contributed by atoms with E-state index in [1.54, 1.807) is 0 Å². The average Bonchev–Trinajstić information content (AvgIpc) is 2.28. The summed E-state index contributed by atoms with van der Waals surface area (Å²) in [5.74, 6) is -1.38. The van der Waals surface area contributed by atoms with Crippen LogP contribution in [0.1, 0.15) is 33.6 Å². The zero-order valence-corrected chi connectivity index (χ0v) is 11.3. The molecule has 0 saturated carbocycles. The van der Waals surface area contributed by atoms with Crippen LogP contribution in [0.4, 0.5) is 0 Å². The van der Waals surface area contributed by atoms with Crippen molar-refractivity contribution in [2.45, 2.75) is 44.9 Å². The van der Waals surface area contributed by atoms with Gasteiger partial charge in [-0.1, -0.05) is 13.8 Å². The Labute approximate surface area is 102 Å². The van der Waals surface area contributed by atoms with Gasteiger partial charge in [-0.05, 0) is 19.8 Å². The molecule has 0 fully saturated rings. The highest BCUT2D eigenvalue weighted by atomic mass is 32.2. The standard InChI is InChI=1S/C10H21NO5S/c1-4-9(5-2)11(6-7-12)17(15,16)8(3)10(13)14/h8-9,12H,4-7H2,1-3H3,(H,13,14). The van der Waals surface area contributed by atoms with Crippen molar-refractivity contribution >= 4 is 16.0 Å². The van der Waals surface area contributed by atoms with Crippen molar-refractivity contribution in [3.8, 4) is 0 Å². The van der Waals surface area contributed by atoms with Crippen LogP contribution in [0.5, 0.6) is 0 Å². The van der Waals surface area contributed by atoms with E-state index in [4.69, 9.17) is 10.2 Å². The van der Waals surface area contributed by atoms with Crippen molar-refractivity contribution in [3.63, 3.8) is 0 Å². The molecule has 0 spiro atoms. The van der Waals surface area contributed by atoms with E-state index >= 15 is 0 Å². The van der Waals surface area contributed by atoms with Gasteiger partial charge < -0.3 is 10.2 Å². The van der Waals surface area contributed by atoms with Crippen LogP contribution in [0, 0.1) is 0 Å². The second-order valence-electron chi connectivity index (χ2n) is 3.83. The van der Waals surface area contributed by atoms with Crippen LogP contribution < -0.4 is 0 Å². The molecule has 0 aliphatic rings. The highest BCUT2D eigenvalue weighted by Gasteiger charge is 2.36. The minimum absolute atomic E-state index is 0.0632. The Bertz CT molecular complexity index is 337. The van der Waals surface area contributed by atoms with Gasteiger partial charge in [0.2, 0.25) is 10.0 Å². The van der Waals surface area contributed by atoms with Gasteiger partial charge in [0.1, 0.15) is 0 Å². The molecule has 17 heavy (non-hydrogen) atoms. The SMILES string of the molecule is CCC(CC)N(CCO)S(=O)(=O)C(C)C(=O)O. The van der Waals surface area contributed by atoms with E-state index in [-0.39, 0.29) is 19.2 Å². The maximum atomic E-state index is 12.1. The van der Waals surface area contributed by atoms with Crippen LogP contribution >= 0.6 is 0 Å². The maximum Gasteiger partial charge on any atom is 0.323 e. The van der Waals surface area contributed by atoms with Crippen LogP contribution in [0.3, 0.4) is 0 Å². The number of carboxylic acids is 1. The summed E-state index contributed by atoms with van der Waals surface area (Å²) < 4.78 is 25.2. The summed E-state index contributed by atoms with van der Waals surface area (Å²) in [6, 6.07) is -0.269. The number of hydrogen-bond donors (Lipinski definition) is 2. The molecule has 1 atom stereocenters. The van der Waals surface area contributed by atoms with Crippen molar-refractivity contribution in [3.05, 3.63) is 0 Å². The number of carboxylic acid groups (broad SMARTS) is 1. The van der Waals surface area contributed by atoms with Crippen LogP contribution in [-0.2, 0) is 14.8 Å². The van der Waals surface area contributed by atoms with Crippen molar-refractivity contribution in [1.29, 1.82) is 0 Å². The summed E-state index contributed by atoms with van der Waals surface area (Å²) in [6.45, 7) is 4.43. The van der Waals surface area contributed by atoms with Crippen LogP contribution in [0.25, 0.3) is 0 Å². The van der Waals surface area contributed by atoms with Crippen molar-refractivity contribution in [1.82, 2.24) is 4.31 Å². The predicted molar refractivity (Wildman–Crippen MR) is 64.2 cm³/mol. The Morgan fingerprint density at radius 1 is 1.29 bits per heavy atom. The molecule has 1 unspecified atom stereocenters. The van der Waals surface area contributed by atoms with E-state index in [1.165, 1.54) is 0 Å². The molecule has 6 nitrogen and oxygen atoms in total. The second kappa shape index (κ2) is 6.93. The fraction of sp³-hybridized carbons (Fsp3) is 0.900. The topological polar surface area (TPSA) is 94.9 Å². The normalized spacial score (nSPS) is 14.2. The maximum absolute atomic E-state index is 12.1. The zero-order valence-electron chi connectivity index (χ0n) is 10.5. The molecular formula is C10H21NO5S. The van der Waals surface area contributed by atoms with E-state index in [0.29, 0.717) is 12.8 Å². The lowest BCUT2D eigenvalue weighted by Crippen LogP contribution is -2.47. The third kappa shape index (κ3) is 3.93. The van der Waals surface area contributed by atoms with Gasteiger partial charge >= 0.3 is 5.97 Å². The fourth-order valence-electron chi connectivity index (χ4n) is 1.64. The predicted octanol–water partition coefficient (Wildman–Crippen LogP) is 0.272. The summed E-state index contributed by atoms with van der Waals surface area (Å²) in [4.78, 5) is 10.8. The molecule has 0 aliphatic heterocycles. The number of hydrogen-bond acceptors (Lipinski definition) is 4. The van der Waals surface area contributed by atoms with Gasteiger partial charge in [-0.2, -0.15) is 4.31 Å². The quantitative estimate of drug-likeness (QED) is 0.658. The first-order valence-corrected chi connectivity index (χ1v) is 7.17. The number of aliphatic hydroxyl groups is 1. The third-order valence-corrected chi connectivity index (χ3v) is 5.02. The zero-order chi connectivity index (χ0) is 13.6. The van der Waals surface area contributed by atoms with Gasteiger partial charge in [-0.25, -0.2) is 8.42 Å². The highest BCUT2D eigenvalue weighted by molar-refractivity contribution is 7.90. The number of nitrogens with zero attached hydrogens (tertiary/aromatic N) is 1. The van der Waals surface area contributed by atoms with Crippen molar-refractivity contribution < 1.29 is 23.4 Å². The lowest BCUT2D eigenvalue weighted by Gasteiger charge is -2.30. The smallest absolute Gasteiger partial charge is 0.323 e. The first kappa shape index (κ1) is 16.3. The molecule has 0 aromatic rings. The van der Waals surface area contributed by atoms with Gasteiger partial charge in [0.05, 0.1) is 6.61 Å². The largest absolute Gasteiger partial charge is 0.480 e. The molecule has 0 aliphatic carbocycles. The number of carbonyl (C=O) groups is 1. The molecule has 102 valence electrons. The molecule has 0 heterocycles. The fourth-order valence-corrected chi connectivity index (χ4v) is 3.35. The van der Waals surface area contributed by atoms with E-state index in [2.05, 4.69) is 0 Å². The first-order chi connectivity index (χ1) is 7.82. The lowest BCUT2D eigenvalue weighted by atomic mass is 10.2. The van der Waals surface area contributed by atoms with Crippen LogP contribution in [-0.4, -0.2) is 53.3 Å². The summed E-state index contributed by atoms with van der Waals surface area (Å²) in [5, 5.41) is 16.2. The third-order valence-electron chi connectivity index (χ3n) is 2.79. The molecule has 0 radical (unpaired) electrons. The minimum Gasteiger partial charge on any atom is -0.480 e. The van der Waals surface area contributed by atoms with E-state index < -0.39 is 21.2 Å². The number of sulfonamides is 1. The Morgan fingerprint density at radius 3 is 2.06 bits per heavy atom. The van der Waals surface area contributed by atoms with Gasteiger partial charge in [-0.3, -0.25) is 4.79 Å².